The lowest BCUT2D eigenvalue weighted by Crippen LogP contribution is -2.39. The van der Waals surface area contributed by atoms with Gasteiger partial charge in [-0.1, -0.05) is 0 Å². The number of aliphatic hydroxyl groups is 1. The maximum absolute atomic E-state index is 11.9. The van der Waals surface area contributed by atoms with Crippen molar-refractivity contribution in [3.05, 3.63) is 32.6 Å². The molecule has 5 atom stereocenters. The Morgan fingerprint density at radius 2 is 1.79 bits per heavy atom. The molecule has 166 valence electrons. The van der Waals surface area contributed by atoms with Gasteiger partial charge < -0.3 is 29.4 Å². The number of hydrogen-bond donors (Lipinski definition) is 6. The molecule has 2 rings (SSSR count). The quantitative estimate of drug-likeness (QED) is 0.231. The molecule has 2 heterocycles. The fourth-order valence-electron chi connectivity index (χ4n) is 2.36. The highest BCUT2D eigenvalue weighted by atomic mass is 31.3. The van der Waals surface area contributed by atoms with Gasteiger partial charge in [-0.05, 0) is 6.92 Å². The van der Waals surface area contributed by atoms with Crippen molar-refractivity contribution in [3.63, 3.8) is 0 Å². The first kappa shape index (κ1) is 24.3. The van der Waals surface area contributed by atoms with E-state index in [9.17, 15) is 33.3 Å². The summed E-state index contributed by atoms with van der Waals surface area (Å²) in [6.45, 7) is 0.291. The minimum Gasteiger partial charge on any atom is -0.388 e. The Morgan fingerprint density at radius 1 is 1.17 bits per heavy atom. The number of nitrogens with zero attached hydrogens (tertiary/aromatic N) is 1. The third-order valence-electron chi connectivity index (χ3n) is 3.58. The Bertz CT molecular complexity index is 1010. The first-order chi connectivity index (χ1) is 13.1. The zero-order valence-corrected chi connectivity index (χ0v) is 17.1. The summed E-state index contributed by atoms with van der Waals surface area (Å²) in [6, 6.07) is -0.993. The molecule has 1 aliphatic heterocycles. The minimum atomic E-state index is -5.67. The van der Waals surface area contributed by atoms with Crippen molar-refractivity contribution in [1.29, 1.82) is 0 Å². The number of aromatic nitrogens is 2. The predicted octanol–water partition coefficient (Wildman–Crippen LogP) is -1.51. The summed E-state index contributed by atoms with van der Waals surface area (Å²) < 4.78 is 51.1. The number of aromatic amines is 1. The van der Waals surface area contributed by atoms with Crippen LogP contribution in [0.3, 0.4) is 0 Å². The Hall–Kier alpha value is -0.990. The van der Waals surface area contributed by atoms with Crippen LogP contribution >= 0.6 is 23.5 Å². The Morgan fingerprint density at radius 3 is 2.38 bits per heavy atom. The molecule has 0 saturated carbocycles. The van der Waals surface area contributed by atoms with Gasteiger partial charge in [-0.15, -0.1) is 0 Å². The molecule has 1 saturated heterocycles. The van der Waals surface area contributed by atoms with Crippen LogP contribution in [0.4, 0.5) is 0 Å². The number of aryl methyl sites for hydroxylation is 1. The predicted molar refractivity (Wildman–Crippen MR) is 90.7 cm³/mol. The monoisotopic (exact) mass is 482 g/mol. The second kappa shape index (κ2) is 8.63. The molecule has 6 N–H and O–H groups in total. The van der Waals surface area contributed by atoms with Gasteiger partial charge in [0.25, 0.3) is 5.56 Å². The van der Waals surface area contributed by atoms with E-state index in [2.05, 4.69) is 13.1 Å². The van der Waals surface area contributed by atoms with Crippen LogP contribution in [-0.4, -0.2) is 59.7 Å². The van der Waals surface area contributed by atoms with Gasteiger partial charge in [0.05, 0.1) is 19.3 Å². The highest BCUT2D eigenvalue weighted by molar-refractivity contribution is 7.66. The third kappa shape index (κ3) is 6.76. The maximum atomic E-state index is 11.9. The number of ether oxygens (including phenoxy) is 1. The summed E-state index contributed by atoms with van der Waals surface area (Å²) in [5.74, 6) is 0. The molecule has 0 aliphatic carbocycles. The van der Waals surface area contributed by atoms with Gasteiger partial charge in [-0.3, -0.25) is 18.9 Å². The van der Waals surface area contributed by atoms with Gasteiger partial charge >= 0.3 is 29.2 Å². The number of nitrogens with one attached hydrogen (secondary N) is 1. The smallest absolute Gasteiger partial charge is 0.388 e. The Kier molecular flexibility index (Phi) is 7.23. The normalized spacial score (nSPS) is 26.8. The molecule has 0 aromatic carbocycles. The molecule has 29 heavy (non-hydrogen) atoms. The third-order valence-corrected chi connectivity index (χ3v) is 7.38. The van der Waals surface area contributed by atoms with Crippen molar-refractivity contribution in [3.8, 4) is 0 Å². The van der Waals surface area contributed by atoms with Gasteiger partial charge in [-0.2, -0.15) is 8.62 Å². The number of aliphatic hydroxyl groups excluding tert-OH is 1. The average molecular weight is 482 g/mol. The molecule has 0 spiro atoms. The van der Waals surface area contributed by atoms with E-state index in [1.54, 1.807) is 0 Å². The molecule has 1 aromatic heterocycles. The van der Waals surface area contributed by atoms with Crippen molar-refractivity contribution in [2.45, 2.75) is 25.2 Å². The summed E-state index contributed by atoms with van der Waals surface area (Å²) >= 11 is 0. The number of phosphoric ester groups is 1. The molecule has 16 nitrogen and oxygen atoms in total. The molecule has 0 amide bonds. The summed E-state index contributed by atoms with van der Waals surface area (Å²) in [6.07, 6.45) is -1.59. The average Bonchev–Trinajstić information content (AvgIpc) is 2.86. The molecule has 19 heteroatoms. The van der Waals surface area contributed by atoms with Crippen LogP contribution in [-0.2, 0) is 31.6 Å². The van der Waals surface area contributed by atoms with Crippen LogP contribution in [0, 0.1) is 6.92 Å². The molecular weight excluding hydrogens is 465 g/mol. The number of phosphoric acid groups is 3. The first-order valence-corrected chi connectivity index (χ1v) is 12.0. The fraction of sp³-hybridized carbons (Fsp3) is 0.600. The van der Waals surface area contributed by atoms with Gasteiger partial charge in [0.2, 0.25) is 0 Å². The van der Waals surface area contributed by atoms with Crippen LogP contribution in [0.25, 0.3) is 0 Å². The van der Waals surface area contributed by atoms with Gasteiger partial charge in [0, 0.05) is 11.8 Å². The van der Waals surface area contributed by atoms with E-state index in [0.717, 1.165) is 4.57 Å². The fourth-order valence-corrected chi connectivity index (χ4v) is 5.39. The lowest BCUT2D eigenvalue weighted by Gasteiger charge is -2.20. The Labute approximate surface area is 161 Å². The topological polar surface area (TPSA) is 244 Å². The van der Waals surface area contributed by atoms with Crippen LogP contribution in [0.2, 0.25) is 0 Å². The Balaban J connectivity index is 2.03. The second-order valence-corrected chi connectivity index (χ2v) is 10.2. The van der Waals surface area contributed by atoms with Crippen molar-refractivity contribution in [2.75, 3.05) is 13.2 Å². The summed E-state index contributed by atoms with van der Waals surface area (Å²) in [5.41, 5.74) is -1.28. The van der Waals surface area contributed by atoms with Crippen molar-refractivity contribution in [2.24, 2.45) is 0 Å². The van der Waals surface area contributed by atoms with E-state index in [1.165, 1.54) is 13.1 Å². The van der Waals surface area contributed by atoms with E-state index >= 15 is 0 Å². The van der Waals surface area contributed by atoms with Gasteiger partial charge in [-0.25, -0.2) is 18.5 Å². The molecule has 0 radical (unpaired) electrons. The van der Waals surface area contributed by atoms with E-state index in [1.807, 2.05) is 4.98 Å². The van der Waals surface area contributed by atoms with Crippen LogP contribution in [0.5, 0.6) is 0 Å². The van der Waals surface area contributed by atoms with Gasteiger partial charge in [0.15, 0.2) is 0 Å². The van der Waals surface area contributed by atoms with Crippen molar-refractivity contribution in [1.82, 2.24) is 9.55 Å². The molecule has 2 unspecified atom stereocenters. The molecule has 0 bridgehead atoms. The molecule has 1 aliphatic rings. The lowest BCUT2D eigenvalue weighted by molar-refractivity contribution is 0.00156. The zero-order chi connectivity index (χ0) is 22.2. The highest BCUT2D eigenvalue weighted by Crippen LogP contribution is 2.66. The highest BCUT2D eigenvalue weighted by Gasteiger charge is 2.43. The second-order valence-electron chi connectivity index (χ2n) is 5.80. The van der Waals surface area contributed by atoms with Crippen LogP contribution < -0.4 is 11.2 Å². The van der Waals surface area contributed by atoms with Crippen molar-refractivity contribution >= 4 is 23.5 Å². The van der Waals surface area contributed by atoms with E-state index in [-0.39, 0.29) is 12.2 Å². The number of rotatable bonds is 8. The molecular formula is C10H17N2O14P3. The van der Waals surface area contributed by atoms with Crippen LogP contribution in [0.15, 0.2) is 15.8 Å². The van der Waals surface area contributed by atoms with E-state index < -0.39 is 59.6 Å². The largest absolute Gasteiger partial charge is 0.490 e. The minimum absolute atomic E-state index is 0.175. The van der Waals surface area contributed by atoms with Crippen molar-refractivity contribution < 1.29 is 56.3 Å². The molecule has 1 fully saturated rings. The summed E-state index contributed by atoms with van der Waals surface area (Å²) in [4.78, 5) is 60.7. The first-order valence-electron chi connectivity index (χ1n) is 7.50. The summed E-state index contributed by atoms with van der Waals surface area (Å²) in [7, 11) is -16.6. The lowest BCUT2D eigenvalue weighted by atomic mass is 10.1. The molecule has 1 aromatic rings. The standard InChI is InChI=1S/C10H17N2O14P3/c1-5-2-12(10(15)11-9(5)14)6-3-23-7(8(6)13)4-24-28(19,20)26-29(21,22)25-27(16,17)18/h2,6-8,13H,3-4H2,1H3,(H,19,20)(H,21,22)(H,11,14,15)(H2,16,17,18)/t6-,7-,8+/m0/s1. The summed E-state index contributed by atoms with van der Waals surface area (Å²) in [5, 5.41) is 10.3. The maximum Gasteiger partial charge on any atom is 0.490 e. The van der Waals surface area contributed by atoms with Gasteiger partial charge in [0.1, 0.15) is 12.2 Å². The van der Waals surface area contributed by atoms with E-state index in [4.69, 9.17) is 19.4 Å². The van der Waals surface area contributed by atoms with Crippen LogP contribution in [0.1, 0.15) is 11.6 Å². The SMILES string of the molecule is Cc1cn([C@H]2CO[C@@H](COP(=O)(O)OP(=O)(O)OP(=O)(O)O)[C@@H]2O)c(=O)[nH]c1=O. The number of H-pyrrole nitrogens is 1. The zero-order valence-electron chi connectivity index (χ0n) is 14.4. The number of hydrogen-bond acceptors (Lipinski definition) is 10. The van der Waals surface area contributed by atoms with E-state index in [0.29, 0.717) is 0 Å².